The monoisotopic (exact) mass is 720 g/mol. The van der Waals surface area contributed by atoms with Crippen molar-refractivity contribution in [3.63, 3.8) is 0 Å². The predicted molar refractivity (Wildman–Crippen MR) is 199 cm³/mol. The van der Waals surface area contributed by atoms with Crippen LogP contribution in [0.4, 0.5) is 0 Å². The molecule has 0 saturated heterocycles. The topological polar surface area (TPSA) is 141 Å². The van der Waals surface area contributed by atoms with Gasteiger partial charge in [0.1, 0.15) is 12.2 Å². The van der Waals surface area contributed by atoms with E-state index < -0.39 is 14.2 Å². The minimum Gasteiger partial charge on any atom is -0.423 e. The second kappa shape index (κ2) is 22.9. The standard InChI is InChI=1S/2C12H16BNO3.C7H5BrO.C5H10/c2*1-2-5-9-8-12(14-17-9)10-6-3-4-7-11(10)13(15)16;8-7-4-2-1-3-6(7)5-9;1-3-5-4-2/h2*3-4,6-7,9,15-16H,2,5,8H2,1H3;1-5H;3H,1,4-5H2,2H3. The minimum absolute atomic E-state index is 0.124. The molecule has 5 rings (SSSR count). The maximum atomic E-state index is 10.2. The van der Waals surface area contributed by atoms with E-state index in [4.69, 9.17) is 9.68 Å². The van der Waals surface area contributed by atoms with Crippen LogP contribution in [0, 0.1) is 0 Å². The molecule has 4 N–H and O–H groups in total. The molecule has 0 aromatic heterocycles. The van der Waals surface area contributed by atoms with Crippen LogP contribution in [0.5, 0.6) is 0 Å². The Labute approximate surface area is 293 Å². The van der Waals surface area contributed by atoms with Crippen LogP contribution in [0.25, 0.3) is 0 Å². The molecule has 12 heteroatoms. The number of hydrogen-bond acceptors (Lipinski definition) is 9. The molecule has 0 spiro atoms. The second-order valence-electron chi connectivity index (χ2n) is 11.2. The number of carbonyl (C=O) groups is 1. The van der Waals surface area contributed by atoms with E-state index in [1.54, 1.807) is 30.3 Å². The van der Waals surface area contributed by atoms with Crippen LogP contribution in [-0.4, -0.2) is 64.3 Å². The van der Waals surface area contributed by atoms with Crippen molar-refractivity contribution in [2.45, 2.75) is 84.3 Å². The second-order valence-corrected chi connectivity index (χ2v) is 12.0. The van der Waals surface area contributed by atoms with Crippen LogP contribution in [0.2, 0.25) is 0 Å². The lowest BCUT2D eigenvalue weighted by Gasteiger charge is -2.08. The van der Waals surface area contributed by atoms with Crippen molar-refractivity contribution in [1.29, 1.82) is 0 Å². The molecule has 3 aromatic rings. The molecule has 2 heterocycles. The van der Waals surface area contributed by atoms with Crippen molar-refractivity contribution < 1.29 is 34.6 Å². The zero-order valence-corrected chi connectivity index (χ0v) is 29.6. The minimum atomic E-state index is -1.47. The Bertz CT molecular complexity index is 1390. The summed E-state index contributed by atoms with van der Waals surface area (Å²) in [6, 6.07) is 21.6. The van der Waals surface area contributed by atoms with E-state index in [1.807, 2.05) is 48.5 Å². The van der Waals surface area contributed by atoms with Crippen LogP contribution in [0.15, 0.2) is 100 Å². The van der Waals surface area contributed by atoms with Crippen molar-refractivity contribution in [3.05, 3.63) is 107 Å². The number of allylic oxidation sites excluding steroid dienone is 1. The fraction of sp³-hybridized carbons (Fsp3) is 0.361. The number of halogens is 1. The average molecular weight is 721 g/mol. The molecule has 0 bridgehead atoms. The molecule has 0 radical (unpaired) electrons. The fourth-order valence-electron chi connectivity index (χ4n) is 4.87. The van der Waals surface area contributed by atoms with Crippen molar-refractivity contribution in [2.75, 3.05) is 0 Å². The van der Waals surface area contributed by atoms with Crippen molar-refractivity contribution in [1.82, 2.24) is 0 Å². The number of nitrogens with zero attached hydrogens (tertiary/aromatic N) is 2. The number of carbonyl (C=O) groups excluding carboxylic acids is 1. The van der Waals surface area contributed by atoms with Crippen LogP contribution in [0.3, 0.4) is 0 Å². The molecule has 2 aliphatic heterocycles. The maximum Gasteiger partial charge on any atom is 0.489 e. The van der Waals surface area contributed by atoms with Gasteiger partial charge >= 0.3 is 14.2 Å². The van der Waals surface area contributed by atoms with Gasteiger partial charge in [-0.05, 0) is 47.4 Å². The highest BCUT2D eigenvalue weighted by atomic mass is 79.9. The van der Waals surface area contributed by atoms with Crippen molar-refractivity contribution >= 4 is 58.8 Å². The van der Waals surface area contributed by atoms with E-state index in [0.717, 1.165) is 78.3 Å². The van der Waals surface area contributed by atoms with E-state index in [0.29, 0.717) is 16.5 Å². The van der Waals surface area contributed by atoms with Gasteiger partial charge in [0.2, 0.25) is 0 Å². The summed E-state index contributed by atoms with van der Waals surface area (Å²) in [4.78, 5) is 20.8. The molecule has 0 aliphatic carbocycles. The number of benzene rings is 3. The molecule has 3 aromatic carbocycles. The molecule has 2 aliphatic rings. The van der Waals surface area contributed by atoms with E-state index in [2.05, 4.69) is 53.6 Å². The summed E-state index contributed by atoms with van der Waals surface area (Å²) in [6.45, 7) is 9.90. The average Bonchev–Trinajstić information content (AvgIpc) is 3.77. The molecule has 256 valence electrons. The smallest absolute Gasteiger partial charge is 0.423 e. The molecule has 48 heavy (non-hydrogen) atoms. The third-order valence-electron chi connectivity index (χ3n) is 7.31. The number of rotatable bonds is 11. The van der Waals surface area contributed by atoms with Gasteiger partial charge in [-0.3, -0.25) is 4.79 Å². The maximum absolute atomic E-state index is 10.2. The highest BCUT2D eigenvalue weighted by Crippen LogP contribution is 2.20. The Morgan fingerprint density at radius 1 is 0.750 bits per heavy atom. The zero-order valence-electron chi connectivity index (χ0n) is 28.0. The van der Waals surface area contributed by atoms with E-state index in [9.17, 15) is 24.9 Å². The van der Waals surface area contributed by atoms with Crippen molar-refractivity contribution in [2.24, 2.45) is 10.3 Å². The molecular formula is C36H47B2BrN2O7. The Balaban J connectivity index is 0.000000243. The lowest BCUT2D eigenvalue weighted by Crippen LogP contribution is -2.34. The number of unbranched alkanes of at least 4 members (excludes halogenated alkanes) is 1. The van der Waals surface area contributed by atoms with Crippen LogP contribution in [0.1, 0.15) is 93.6 Å². The van der Waals surface area contributed by atoms with Gasteiger partial charge in [-0.1, -0.05) is 139 Å². The molecule has 0 amide bonds. The molecule has 2 atom stereocenters. The quantitative estimate of drug-likeness (QED) is 0.116. The highest BCUT2D eigenvalue weighted by molar-refractivity contribution is 9.10. The lowest BCUT2D eigenvalue weighted by molar-refractivity contribution is 0.0785. The fourth-order valence-corrected chi connectivity index (χ4v) is 5.25. The summed E-state index contributed by atoms with van der Waals surface area (Å²) in [5.74, 6) is 0. The van der Waals surface area contributed by atoms with Crippen LogP contribution >= 0.6 is 15.9 Å². The lowest BCUT2D eigenvalue weighted by atomic mass is 9.75. The number of aldehydes is 1. The van der Waals surface area contributed by atoms with Gasteiger partial charge in [-0.15, -0.1) is 6.58 Å². The normalized spacial score (nSPS) is 15.8. The summed E-state index contributed by atoms with van der Waals surface area (Å²) in [6.07, 6.45) is 10.9. The zero-order chi connectivity index (χ0) is 35.3. The summed E-state index contributed by atoms with van der Waals surface area (Å²) >= 11 is 3.23. The summed E-state index contributed by atoms with van der Waals surface area (Å²) in [5.41, 5.74) is 4.78. The first-order chi connectivity index (χ1) is 23.2. The molecule has 9 nitrogen and oxygen atoms in total. The Morgan fingerprint density at radius 2 is 1.19 bits per heavy atom. The van der Waals surface area contributed by atoms with E-state index in [1.165, 1.54) is 6.42 Å². The summed E-state index contributed by atoms with van der Waals surface area (Å²) < 4.78 is 0.847. The first-order valence-electron chi connectivity index (χ1n) is 16.4. The number of hydrogen-bond donors (Lipinski definition) is 4. The first-order valence-corrected chi connectivity index (χ1v) is 17.2. The van der Waals surface area contributed by atoms with Gasteiger partial charge < -0.3 is 29.8 Å². The Kier molecular flexibility index (Phi) is 19.4. The van der Waals surface area contributed by atoms with Gasteiger partial charge in [0.25, 0.3) is 0 Å². The Hall–Kier alpha value is -3.54. The largest absolute Gasteiger partial charge is 0.489 e. The number of oxime groups is 2. The molecule has 0 saturated carbocycles. The van der Waals surface area contributed by atoms with Crippen LogP contribution < -0.4 is 10.9 Å². The van der Waals surface area contributed by atoms with Gasteiger partial charge in [0, 0.05) is 22.9 Å². The van der Waals surface area contributed by atoms with Gasteiger partial charge in [0.05, 0.1) is 11.4 Å². The Morgan fingerprint density at radius 3 is 1.52 bits per heavy atom. The highest BCUT2D eigenvalue weighted by Gasteiger charge is 2.27. The predicted octanol–water partition coefficient (Wildman–Crippen LogP) is 5.55. The molecular weight excluding hydrogens is 674 g/mol. The van der Waals surface area contributed by atoms with Crippen LogP contribution in [-0.2, 0) is 9.68 Å². The van der Waals surface area contributed by atoms with Gasteiger partial charge in [-0.2, -0.15) is 0 Å². The summed E-state index contributed by atoms with van der Waals surface area (Å²) in [7, 11) is -2.95. The van der Waals surface area contributed by atoms with Gasteiger partial charge in [0.15, 0.2) is 6.29 Å². The third kappa shape index (κ3) is 13.5. The van der Waals surface area contributed by atoms with E-state index >= 15 is 0 Å². The SMILES string of the molecule is C=CCCC.CCCC1CC(c2ccccc2B(O)O)=NO1.CCCC1CC(c2ccccc2B(O)O)=NO1.O=Cc1ccccc1Br. The third-order valence-corrected chi connectivity index (χ3v) is 8.03. The molecule has 2 unspecified atom stereocenters. The van der Waals surface area contributed by atoms with Crippen molar-refractivity contribution in [3.8, 4) is 0 Å². The van der Waals surface area contributed by atoms with Gasteiger partial charge in [-0.25, -0.2) is 0 Å². The van der Waals surface area contributed by atoms with E-state index in [-0.39, 0.29) is 12.2 Å². The first kappa shape index (κ1) is 40.6. The molecule has 0 fully saturated rings. The summed E-state index contributed by atoms with van der Waals surface area (Å²) in [5, 5.41) is 45.3.